The largest absolute Gasteiger partial charge is 0.494 e. The monoisotopic (exact) mass is 371 g/mol. The van der Waals surface area contributed by atoms with Crippen LogP contribution >= 0.6 is 0 Å². The number of ether oxygens (including phenoxy) is 3. The summed E-state index contributed by atoms with van der Waals surface area (Å²) in [4.78, 5) is 35.7. The lowest BCUT2D eigenvalue weighted by molar-refractivity contribution is -0.119. The summed E-state index contributed by atoms with van der Waals surface area (Å²) >= 11 is 0. The molecule has 7 heteroatoms. The highest BCUT2D eigenvalue weighted by Gasteiger charge is 2.15. The molecule has 2 rings (SSSR count). The Morgan fingerprint density at radius 1 is 0.963 bits per heavy atom. The van der Waals surface area contributed by atoms with Crippen LogP contribution in [0.2, 0.25) is 0 Å². The van der Waals surface area contributed by atoms with E-state index in [0.717, 1.165) is 6.42 Å². The minimum absolute atomic E-state index is 0.211. The Morgan fingerprint density at radius 2 is 1.67 bits per heavy atom. The SMILES string of the molecule is CCCOc1ccc(C(=O)OCC(=O)Nc2ccccc2C(=O)OC)cc1. The lowest BCUT2D eigenvalue weighted by Crippen LogP contribution is -2.22. The molecule has 1 N–H and O–H groups in total. The average Bonchev–Trinajstić information content (AvgIpc) is 2.70. The van der Waals surface area contributed by atoms with E-state index in [9.17, 15) is 14.4 Å². The third-order valence-electron chi connectivity index (χ3n) is 3.50. The molecule has 142 valence electrons. The highest BCUT2D eigenvalue weighted by molar-refractivity contribution is 6.02. The van der Waals surface area contributed by atoms with Gasteiger partial charge in [-0.1, -0.05) is 19.1 Å². The number of hydrogen-bond acceptors (Lipinski definition) is 6. The summed E-state index contributed by atoms with van der Waals surface area (Å²) in [6, 6.07) is 12.9. The topological polar surface area (TPSA) is 90.9 Å². The van der Waals surface area contributed by atoms with Gasteiger partial charge in [0.05, 0.1) is 30.5 Å². The van der Waals surface area contributed by atoms with Crippen LogP contribution in [0.5, 0.6) is 5.75 Å². The minimum atomic E-state index is -0.631. The minimum Gasteiger partial charge on any atom is -0.494 e. The van der Waals surface area contributed by atoms with Crippen LogP contribution in [0.4, 0.5) is 5.69 Å². The second-order valence-electron chi connectivity index (χ2n) is 5.53. The molecule has 0 aliphatic heterocycles. The molecule has 0 saturated heterocycles. The summed E-state index contributed by atoms with van der Waals surface area (Å²) in [6.45, 7) is 2.11. The zero-order chi connectivity index (χ0) is 19.6. The lowest BCUT2D eigenvalue weighted by Gasteiger charge is -2.10. The number of rotatable bonds is 8. The van der Waals surface area contributed by atoms with E-state index in [0.29, 0.717) is 17.9 Å². The third-order valence-corrected chi connectivity index (χ3v) is 3.50. The van der Waals surface area contributed by atoms with Crippen LogP contribution in [-0.4, -0.2) is 38.2 Å². The number of esters is 2. The normalized spacial score (nSPS) is 10.0. The first kappa shape index (κ1) is 20.0. The number of amides is 1. The molecule has 0 bridgehead atoms. The lowest BCUT2D eigenvalue weighted by atomic mass is 10.2. The summed E-state index contributed by atoms with van der Waals surface area (Å²) in [5.41, 5.74) is 0.798. The van der Waals surface area contributed by atoms with Gasteiger partial charge in [0.15, 0.2) is 6.61 Å². The molecule has 0 atom stereocenters. The van der Waals surface area contributed by atoms with E-state index in [1.54, 1.807) is 42.5 Å². The first-order chi connectivity index (χ1) is 13.0. The van der Waals surface area contributed by atoms with Crippen molar-refractivity contribution in [2.45, 2.75) is 13.3 Å². The maximum Gasteiger partial charge on any atom is 0.339 e. The van der Waals surface area contributed by atoms with E-state index in [1.807, 2.05) is 6.92 Å². The molecular formula is C20H21NO6. The molecule has 0 spiro atoms. The van der Waals surface area contributed by atoms with Gasteiger partial charge in [-0.3, -0.25) is 4.79 Å². The molecule has 0 heterocycles. The first-order valence-electron chi connectivity index (χ1n) is 8.42. The van der Waals surface area contributed by atoms with E-state index in [2.05, 4.69) is 10.1 Å². The number of nitrogens with one attached hydrogen (secondary N) is 1. The highest BCUT2D eigenvalue weighted by Crippen LogP contribution is 2.16. The predicted octanol–water partition coefficient (Wildman–Crippen LogP) is 3.06. The van der Waals surface area contributed by atoms with E-state index in [1.165, 1.54) is 13.2 Å². The van der Waals surface area contributed by atoms with E-state index in [4.69, 9.17) is 9.47 Å². The smallest absolute Gasteiger partial charge is 0.339 e. The van der Waals surface area contributed by atoms with Crippen LogP contribution in [-0.2, 0) is 14.3 Å². The molecule has 27 heavy (non-hydrogen) atoms. The first-order valence-corrected chi connectivity index (χ1v) is 8.42. The van der Waals surface area contributed by atoms with Gasteiger partial charge in [0, 0.05) is 0 Å². The molecule has 0 aliphatic rings. The van der Waals surface area contributed by atoms with Crippen molar-refractivity contribution in [3.8, 4) is 5.75 Å². The number of hydrogen-bond donors (Lipinski definition) is 1. The summed E-state index contributed by atoms with van der Waals surface area (Å²) in [5.74, 6) is -1.12. The zero-order valence-electron chi connectivity index (χ0n) is 15.2. The molecule has 0 saturated carbocycles. The number of carbonyl (C=O) groups is 3. The Hall–Kier alpha value is -3.35. The Bertz CT molecular complexity index is 800. The van der Waals surface area contributed by atoms with Crippen LogP contribution in [0.25, 0.3) is 0 Å². The van der Waals surface area contributed by atoms with Crippen LogP contribution in [0.3, 0.4) is 0 Å². The number of anilines is 1. The fourth-order valence-corrected chi connectivity index (χ4v) is 2.19. The molecule has 7 nitrogen and oxygen atoms in total. The molecule has 0 fully saturated rings. The summed E-state index contributed by atoms with van der Waals surface area (Å²) in [7, 11) is 1.25. The second kappa shape index (κ2) is 9.96. The average molecular weight is 371 g/mol. The van der Waals surface area contributed by atoms with Crippen molar-refractivity contribution in [1.29, 1.82) is 0 Å². The van der Waals surface area contributed by atoms with Crippen molar-refractivity contribution < 1.29 is 28.6 Å². The summed E-state index contributed by atoms with van der Waals surface area (Å²) < 4.78 is 15.1. The third kappa shape index (κ3) is 5.85. The van der Waals surface area contributed by atoms with Crippen molar-refractivity contribution in [3.63, 3.8) is 0 Å². The van der Waals surface area contributed by atoms with Crippen LogP contribution in [0.1, 0.15) is 34.1 Å². The van der Waals surface area contributed by atoms with Gasteiger partial charge < -0.3 is 19.5 Å². The van der Waals surface area contributed by atoms with Gasteiger partial charge in [0.25, 0.3) is 5.91 Å². The van der Waals surface area contributed by atoms with Crippen LogP contribution < -0.4 is 10.1 Å². The molecule has 2 aromatic rings. The van der Waals surface area contributed by atoms with Gasteiger partial charge in [0.1, 0.15) is 5.75 Å². The number of methoxy groups -OCH3 is 1. The maximum atomic E-state index is 12.0. The molecule has 0 unspecified atom stereocenters. The quantitative estimate of drug-likeness (QED) is 0.717. The molecule has 2 aromatic carbocycles. The molecule has 1 amide bonds. The van der Waals surface area contributed by atoms with Gasteiger partial charge in [-0.25, -0.2) is 9.59 Å². The molecule has 0 aliphatic carbocycles. The Kier molecular flexibility index (Phi) is 7.37. The van der Waals surface area contributed by atoms with Crippen LogP contribution in [0.15, 0.2) is 48.5 Å². The second-order valence-corrected chi connectivity index (χ2v) is 5.53. The molecule has 0 radical (unpaired) electrons. The summed E-state index contributed by atoms with van der Waals surface area (Å²) in [5, 5.41) is 2.53. The van der Waals surface area contributed by atoms with E-state index in [-0.39, 0.29) is 11.3 Å². The number of para-hydroxylation sites is 1. The van der Waals surface area contributed by atoms with E-state index >= 15 is 0 Å². The zero-order valence-corrected chi connectivity index (χ0v) is 15.2. The number of benzene rings is 2. The van der Waals surface area contributed by atoms with Crippen molar-refractivity contribution in [2.24, 2.45) is 0 Å². The highest BCUT2D eigenvalue weighted by atomic mass is 16.5. The van der Waals surface area contributed by atoms with Crippen molar-refractivity contribution in [3.05, 3.63) is 59.7 Å². The van der Waals surface area contributed by atoms with Gasteiger partial charge in [-0.2, -0.15) is 0 Å². The van der Waals surface area contributed by atoms with Crippen molar-refractivity contribution in [1.82, 2.24) is 0 Å². The van der Waals surface area contributed by atoms with Gasteiger partial charge >= 0.3 is 11.9 Å². The maximum absolute atomic E-state index is 12.0. The standard InChI is InChI=1S/C20H21NO6/c1-3-12-26-15-10-8-14(9-11-15)19(23)27-13-18(22)21-17-7-5-4-6-16(17)20(24)25-2/h4-11H,3,12-13H2,1-2H3,(H,21,22). The van der Waals surface area contributed by atoms with Crippen molar-refractivity contribution >= 4 is 23.5 Å². The number of carbonyl (C=O) groups excluding carboxylic acids is 3. The van der Waals surface area contributed by atoms with Gasteiger partial charge in [0.2, 0.25) is 0 Å². The molecule has 0 aromatic heterocycles. The fourth-order valence-electron chi connectivity index (χ4n) is 2.19. The fraction of sp³-hybridized carbons (Fsp3) is 0.250. The van der Waals surface area contributed by atoms with Crippen LogP contribution in [0, 0.1) is 0 Å². The molecular weight excluding hydrogens is 350 g/mol. The predicted molar refractivity (Wildman–Crippen MR) is 98.9 cm³/mol. The van der Waals surface area contributed by atoms with Gasteiger partial charge in [-0.05, 0) is 42.8 Å². The Morgan fingerprint density at radius 3 is 2.33 bits per heavy atom. The van der Waals surface area contributed by atoms with E-state index < -0.39 is 24.5 Å². The Labute approximate surface area is 157 Å². The summed E-state index contributed by atoms with van der Waals surface area (Å²) in [6.07, 6.45) is 0.887. The van der Waals surface area contributed by atoms with Gasteiger partial charge in [-0.15, -0.1) is 0 Å². The van der Waals surface area contributed by atoms with Crippen molar-refractivity contribution in [2.75, 3.05) is 25.6 Å². The Balaban J connectivity index is 1.90.